The number of hydrogen-bond donors (Lipinski definition) is 0. The van der Waals surface area contributed by atoms with Crippen molar-refractivity contribution in [2.24, 2.45) is 0 Å². The van der Waals surface area contributed by atoms with Crippen LogP contribution in [0.3, 0.4) is 0 Å². The van der Waals surface area contributed by atoms with E-state index in [0.717, 1.165) is 39.5 Å². The van der Waals surface area contributed by atoms with Crippen molar-refractivity contribution < 1.29 is 9.47 Å². The summed E-state index contributed by atoms with van der Waals surface area (Å²) >= 11 is 3.56. The number of ether oxygens (including phenoxy) is 2. The Morgan fingerprint density at radius 3 is 2.62 bits per heavy atom. The average Bonchev–Trinajstić information content (AvgIpc) is 3.01. The summed E-state index contributed by atoms with van der Waals surface area (Å²) in [6.45, 7) is 8.91. The van der Waals surface area contributed by atoms with Crippen LogP contribution in [0.15, 0.2) is 53.3 Å². The second kappa shape index (κ2) is 8.37. The Labute approximate surface area is 164 Å². The van der Waals surface area contributed by atoms with Crippen molar-refractivity contribution >= 4 is 35.0 Å². The number of hydrogen-bond acceptors (Lipinski definition) is 3. The monoisotopic (exact) mass is 432 g/mol. The SMILES string of the molecule is C[Si](C)(C)CCOCn1ccc2c(OCc3ccccc3)c(Br)cnc21. The van der Waals surface area contributed by atoms with Crippen LogP contribution in [0.2, 0.25) is 25.7 Å². The van der Waals surface area contributed by atoms with Crippen LogP contribution in [0, 0.1) is 0 Å². The van der Waals surface area contributed by atoms with E-state index in [4.69, 9.17) is 9.47 Å². The first-order chi connectivity index (χ1) is 12.4. The van der Waals surface area contributed by atoms with Gasteiger partial charge in [0.2, 0.25) is 0 Å². The van der Waals surface area contributed by atoms with Gasteiger partial charge in [-0.25, -0.2) is 4.98 Å². The van der Waals surface area contributed by atoms with E-state index in [-0.39, 0.29) is 0 Å². The fourth-order valence-corrected chi connectivity index (χ4v) is 3.80. The van der Waals surface area contributed by atoms with Gasteiger partial charge < -0.3 is 14.0 Å². The summed E-state index contributed by atoms with van der Waals surface area (Å²) in [6.07, 6.45) is 3.80. The Morgan fingerprint density at radius 1 is 1.12 bits per heavy atom. The van der Waals surface area contributed by atoms with Gasteiger partial charge in [0.1, 0.15) is 24.7 Å². The molecule has 0 bridgehead atoms. The van der Waals surface area contributed by atoms with Gasteiger partial charge in [-0.1, -0.05) is 50.0 Å². The van der Waals surface area contributed by atoms with Crippen molar-refractivity contribution in [3.63, 3.8) is 0 Å². The zero-order chi connectivity index (χ0) is 18.6. The molecule has 0 amide bonds. The van der Waals surface area contributed by atoms with E-state index in [0.29, 0.717) is 13.3 Å². The molecule has 0 unspecified atom stereocenters. The lowest BCUT2D eigenvalue weighted by Crippen LogP contribution is -2.22. The third-order valence-electron chi connectivity index (χ3n) is 4.15. The van der Waals surface area contributed by atoms with E-state index in [1.807, 2.05) is 35.0 Å². The van der Waals surface area contributed by atoms with Crippen LogP contribution >= 0.6 is 15.9 Å². The summed E-state index contributed by atoms with van der Waals surface area (Å²) in [4.78, 5) is 4.55. The highest BCUT2D eigenvalue weighted by Gasteiger charge is 2.14. The summed E-state index contributed by atoms with van der Waals surface area (Å²) in [5, 5.41) is 0.990. The van der Waals surface area contributed by atoms with Gasteiger partial charge in [-0.2, -0.15) is 0 Å². The molecule has 6 heteroatoms. The number of pyridine rings is 1. The Hall–Kier alpha value is -1.63. The summed E-state index contributed by atoms with van der Waals surface area (Å²) < 4.78 is 14.8. The molecule has 0 saturated heterocycles. The molecule has 0 aliphatic carbocycles. The first kappa shape index (κ1) is 19.1. The minimum Gasteiger partial charge on any atom is -0.487 e. The molecule has 0 atom stereocenters. The second-order valence-electron chi connectivity index (χ2n) is 7.58. The lowest BCUT2D eigenvalue weighted by atomic mass is 10.2. The number of benzene rings is 1. The fraction of sp³-hybridized carbons (Fsp3) is 0.350. The molecule has 26 heavy (non-hydrogen) atoms. The maximum Gasteiger partial charge on any atom is 0.146 e. The van der Waals surface area contributed by atoms with Crippen molar-refractivity contribution in [3.05, 3.63) is 58.8 Å². The average molecular weight is 433 g/mol. The molecular weight excluding hydrogens is 408 g/mol. The first-order valence-electron chi connectivity index (χ1n) is 8.82. The van der Waals surface area contributed by atoms with Crippen molar-refractivity contribution in [1.29, 1.82) is 0 Å². The topological polar surface area (TPSA) is 36.3 Å². The van der Waals surface area contributed by atoms with Crippen molar-refractivity contribution in [2.75, 3.05) is 6.61 Å². The molecule has 0 aliphatic heterocycles. The second-order valence-corrected chi connectivity index (χ2v) is 14.1. The Balaban J connectivity index is 1.71. The van der Waals surface area contributed by atoms with Crippen LogP contribution in [0.25, 0.3) is 11.0 Å². The van der Waals surface area contributed by atoms with E-state index in [9.17, 15) is 0 Å². The van der Waals surface area contributed by atoms with Crippen LogP contribution in [0.5, 0.6) is 5.75 Å². The zero-order valence-electron chi connectivity index (χ0n) is 15.5. The molecule has 4 nitrogen and oxygen atoms in total. The maximum atomic E-state index is 6.08. The zero-order valence-corrected chi connectivity index (χ0v) is 18.1. The van der Waals surface area contributed by atoms with E-state index < -0.39 is 8.07 Å². The van der Waals surface area contributed by atoms with Gasteiger partial charge in [-0.05, 0) is 33.6 Å². The minimum atomic E-state index is -1.07. The minimum absolute atomic E-state index is 0.515. The molecule has 2 aromatic heterocycles. The van der Waals surface area contributed by atoms with Gasteiger partial charge in [0.15, 0.2) is 0 Å². The summed E-state index contributed by atoms with van der Waals surface area (Å²) in [5.41, 5.74) is 2.02. The van der Waals surface area contributed by atoms with Crippen molar-refractivity contribution in [1.82, 2.24) is 9.55 Å². The van der Waals surface area contributed by atoms with Gasteiger partial charge in [-0.15, -0.1) is 0 Å². The number of aromatic nitrogens is 2. The maximum absolute atomic E-state index is 6.08. The number of halogens is 1. The quantitative estimate of drug-likeness (QED) is 0.338. The van der Waals surface area contributed by atoms with Crippen LogP contribution in [-0.2, 0) is 18.1 Å². The molecule has 3 aromatic rings. The number of nitrogens with zero attached hydrogens (tertiary/aromatic N) is 2. The molecule has 0 saturated carbocycles. The van der Waals surface area contributed by atoms with Crippen molar-refractivity contribution in [3.8, 4) is 5.75 Å². The van der Waals surface area contributed by atoms with Gasteiger partial charge in [-0.3, -0.25) is 0 Å². The molecule has 0 N–H and O–H groups in total. The molecular formula is C20H25BrN2O2Si. The van der Waals surface area contributed by atoms with E-state index in [1.54, 1.807) is 6.20 Å². The highest BCUT2D eigenvalue weighted by Crippen LogP contribution is 2.33. The summed E-state index contributed by atoms with van der Waals surface area (Å²) in [5.74, 6) is 0.819. The molecule has 0 radical (unpaired) electrons. The molecule has 0 aliphatic rings. The Bertz CT molecular complexity index is 859. The van der Waals surface area contributed by atoms with E-state index in [2.05, 4.69) is 52.7 Å². The van der Waals surface area contributed by atoms with Crippen molar-refractivity contribution in [2.45, 2.75) is 39.0 Å². The summed E-state index contributed by atoms with van der Waals surface area (Å²) in [7, 11) is -1.07. The molecule has 138 valence electrons. The van der Waals surface area contributed by atoms with Crippen LogP contribution in [0.1, 0.15) is 5.56 Å². The third-order valence-corrected chi connectivity index (χ3v) is 6.42. The Kier molecular flexibility index (Phi) is 6.16. The normalized spacial score (nSPS) is 11.8. The predicted molar refractivity (Wildman–Crippen MR) is 112 cm³/mol. The largest absolute Gasteiger partial charge is 0.487 e. The van der Waals surface area contributed by atoms with Crippen LogP contribution < -0.4 is 4.74 Å². The van der Waals surface area contributed by atoms with Gasteiger partial charge >= 0.3 is 0 Å². The molecule has 2 heterocycles. The lowest BCUT2D eigenvalue weighted by Gasteiger charge is -2.15. The molecule has 3 rings (SSSR count). The highest BCUT2D eigenvalue weighted by molar-refractivity contribution is 9.10. The standard InChI is InChI=1S/C20H25BrN2O2Si/c1-26(2,3)12-11-24-15-23-10-9-17-19(18(21)13-22-20(17)23)25-14-16-7-5-4-6-8-16/h4-10,13H,11-12,14-15H2,1-3H3. The van der Waals surface area contributed by atoms with Crippen LogP contribution in [0.4, 0.5) is 0 Å². The summed E-state index contributed by atoms with van der Waals surface area (Å²) in [6, 6.07) is 13.4. The lowest BCUT2D eigenvalue weighted by molar-refractivity contribution is 0.0899. The van der Waals surface area contributed by atoms with Gasteiger partial charge in [0.05, 0.1) is 9.86 Å². The number of fused-ring (bicyclic) bond motifs is 1. The molecule has 1 aromatic carbocycles. The van der Waals surface area contributed by atoms with Crippen LogP contribution in [-0.4, -0.2) is 24.2 Å². The molecule has 0 spiro atoms. The highest BCUT2D eigenvalue weighted by atomic mass is 79.9. The third kappa shape index (κ3) is 4.96. The Morgan fingerprint density at radius 2 is 1.88 bits per heavy atom. The first-order valence-corrected chi connectivity index (χ1v) is 13.3. The molecule has 0 fully saturated rings. The van der Waals surface area contributed by atoms with E-state index in [1.165, 1.54) is 0 Å². The number of rotatable bonds is 8. The predicted octanol–water partition coefficient (Wildman–Crippen LogP) is 5.69. The van der Waals surface area contributed by atoms with E-state index >= 15 is 0 Å². The van der Waals surface area contributed by atoms with Gasteiger partial charge in [0, 0.05) is 27.1 Å². The smallest absolute Gasteiger partial charge is 0.146 e. The fourth-order valence-electron chi connectivity index (χ4n) is 2.61. The van der Waals surface area contributed by atoms with Gasteiger partial charge in [0.25, 0.3) is 0 Å².